The van der Waals surface area contributed by atoms with E-state index in [2.05, 4.69) is 25.7 Å². The van der Waals surface area contributed by atoms with Crippen molar-refractivity contribution < 1.29 is 18.3 Å². The standard InChI is InChI=1S/C24H24BrFN2O4/c1-30-22-13-19(20(25)14-23(22)31-2)21-8-3-16(24(29)32-21)15-27-9-11-28(12-10-27)18-6-4-17(26)5-7-18/h3-8,13-14H,9-12,15H2,1-2H3. The smallest absolute Gasteiger partial charge is 0.340 e. The van der Waals surface area contributed by atoms with Crippen molar-refractivity contribution in [3.63, 3.8) is 0 Å². The van der Waals surface area contributed by atoms with Crippen LogP contribution in [0.25, 0.3) is 11.3 Å². The molecule has 1 saturated heterocycles. The van der Waals surface area contributed by atoms with E-state index in [0.29, 0.717) is 34.9 Å². The molecule has 0 spiro atoms. The molecule has 0 saturated carbocycles. The topological polar surface area (TPSA) is 55.2 Å². The van der Waals surface area contributed by atoms with E-state index >= 15 is 0 Å². The van der Waals surface area contributed by atoms with Crippen LogP contribution in [0.5, 0.6) is 11.5 Å². The average Bonchev–Trinajstić information content (AvgIpc) is 2.81. The number of anilines is 1. The number of rotatable bonds is 6. The van der Waals surface area contributed by atoms with Crippen LogP contribution in [0.3, 0.4) is 0 Å². The SMILES string of the molecule is COc1cc(Br)c(-c2ccc(CN3CCN(c4ccc(F)cc4)CC3)c(=O)o2)cc1OC. The minimum atomic E-state index is -0.356. The molecule has 0 unspecified atom stereocenters. The summed E-state index contributed by atoms with van der Waals surface area (Å²) >= 11 is 3.51. The van der Waals surface area contributed by atoms with Crippen LogP contribution >= 0.6 is 15.9 Å². The summed E-state index contributed by atoms with van der Waals surface area (Å²) in [7, 11) is 3.13. The quantitative estimate of drug-likeness (QED) is 0.492. The van der Waals surface area contributed by atoms with Gasteiger partial charge in [-0.1, -0.05) is 0 Å². The summed E-state index contributed by atoms with van der Waals surface area (Å²) < 4.78 is 30.2. The summed E-state index contributed by atoms with van der Waals surface area (Å²) in [6.45, 7) is 3.76. The Balaban J connectivity index is 1.45. The fraction of sp³-hybridized carbons (Fsp3) is 0.292. The fourth-order valence-electron chi connectivity index (χ4n) is 3.81. The number of benzene rings is 2. The summed E-state index contributed by atoms with van der Waals surface area (Å²) in [6, 6.07) is 13.7. The van der Waals surface area contributed by atoms with E-state index in [1.807, 2.05) is 6.07 Å². The molecule has 6 nitrogen and oxygen atoms in total. The Morgan fingerprint density at radius 2 is 1.62 bits per heavy atom. The molecule has 0 bridgehead atoms. The maximum absolute atomic E-state index is 13.1. The molecule has 1 aromatic heterocycles. The third-order valence-corrected chi connectivity index (χ3v) is 6.25. The molecule has 1 aliphatic heterocycles. The van der Waals surface area contributed by atoms with Gasteiger partial charge in [-0.25, -0.2) is 9.18 Å². The molecule has 168 valence electrons. The zero-order valence-electron chi connectivity index (χ0n) is 17.9. The Morgan fingerprint density at radius 1 is 0.969 bits per heavy atom. The second-order valence-electron chi connectivity index (χ2n) is 7.54. The first-order valence-corrected chi connectivity index (χ1v) is 11.1. The maximum Gasteiger partial charge on any atom is 0.340 e. The van der Waals surface area contributed by atoms with Crippen LogP contribution in [0, 0.1) is 5.82 Å². The highest BCUT2D eigenvalue weighted by Gasteiger charge is 2.20. The molecule has 1 fully saturated rings. The number of nitrogens with zero attached hydrogens (tertiary/aromatic N) is 2. The van der Waals surface area contributed by atoms with Crippen LogP contribution in [0.4, 0.5) is 10.1 Å². The second kappa shape index (κ2) is 9.75. The van der Waals surface area contributed by atoms with Gasteiger partial charge in [0.05, 0.1) is 19.8 Å². The van der Waals surface area contributed by atoms with Crippen LogP contribution < -0.4 is 20.0 Å². The highest BCUT2D eigenvalue weighted by atomic mass is 79.9. The van der Waals surface area contributed by atoms with Gasteiger partial charge in [0.2, 0.25) is 0 Å². The van der Waals surface area contributed by atoms with E-state index in [4.69, 9.17) is 13.9 Å². The van der Waals surface area contributed by atoms with Gasteiger partial charge in [-0.15, -0.1) is 0 Å². The number of piperazine rings is 1. The van der Waals surface area contributed by atoms with Crippen LogP contribution in [-0.2, 0) is 6.54 Å². The van der Waals surface area contributed by atoms with Gasteiger partial charge in [0.25, 0.3) is 0 Å². The normalized spacial score (nSPS) is 14.4. The monoisotopic (exact) mass is 502 g/mol. The molecule has 32 heavy (non-hydrogen) atoms. The third kappa shape index (κ3) is 4.81. The fourth-order valence-corrected chi connectivity index (χ4v) is 4.32. The number of halogens is 2. The Hall–Kier alpha value is -2.84. The molecule has 2 aromatic carbocycles. The molecule has 3 aromatic rings. The first-order valence-electron chi connectivity index (χ1n) is 10.3. The van der Waals surface area contributed by atoms with Crippen molar-refractivity contribution in [2.45, 2.75) is 6.54 Å². The highest BCUT2D eigenvalue weighted by Crippen LogP contribution is 2.38. The summed E-state index contributed by atoms with van der Waals surface area (Å²) in [4.78, 5) is 17.1. The van der Waals surface area contributed by atoms with Crippen molar-refractivity contribution in [3.05, 3.63) is 74.8 Å². The van der Waals surface area contributed by atoms with Crippen LogP contribution in [0.1, 0.15) is 5.56 Å². The maximum atomic E-state index is 13.1. The summed E-state index contributed by atoms with van der Waals surface area (Å²) in [6.07, 6.45) is 0. The van der Waals surface area contributed by atoms with Gasteiger partial charge in [-0.3, -0.25) is 4.90 Å². The Bertz CT molecular complexity index is 1140. The molecule has 0 radical (unpaired) electrons. The van der Waals surface area contributed by atoms with E-state index in [1.165, 1.54) is 12.1 Å². The minimum Gasteiger partial charge on any atom is -0.493 e. The van der Waals surface area contributed by atoms with Crippen molar-refractivity contribution in [1.29, 1.82) is 0 Å². The summed E-state index contributed by atoms with van der Waals surface area (Å²) in [5.41, 5.74) is 1.97. The average molecular weight is 503 g/mol. The van der Waals surface area contributed by atoms with Gasteiger partial charge in [0.1, 0.15) is 11.6 Å². The number of hydrogen-bond acceptors (Lipinski definition) is 6. The summed E-state index contributed by atoms with van der Waals surface area (Å²) in [5.74, 6) is 1.36. The zero-order valence-corrected chi connectivity index (χ0v) is 19.5. The van der Waals surface area contributed by atoms with Gasteiger partial charge in [0.15, 0.2) is 11.5 Å². The molecule has 0 atom stereocenters. The number of methoxy groups -OCH3 is 2. The second-order valence-corrected chi connectivity index (χ2v) is 8.39. The summed E-state index contributed by atoms with van der Waals surface area (Å²) in [5, 5.41) is 0. The molecule has 1 aliphatic rings. The lowest BCUT2D eigenvalue weighted by atomic mass is 10.1. The van der Waals surface area contributed by atoms with Crippen molar-refractivity contribution in [2.24, 2.45) is 0 Å². The van der Waals surface area contributed by atoms with E-state index < -0.39 is 0 Å². The predicted octanol–water partition coefficient (Wildman–Crippen LogP) is 4.55. The van der Waals surface area contributed by atoms with Crippen LogP contribution in [-0.4, -0.2) is 45.3 Å². The van der Waals surface area contributed by atoms with Gasteiger partial charge >= 0.3 is 5.63 Å². The molecule has 8 heteroatoms. The van der Waals surface area contributed by atoms with Gasteiger partial charge in [0, 0.05) is 48.4 Å². The van der Waals surface area contributed by atoms with Gasteiger partial charge in [-0.05, 0) is 64.5 Å². The lowest BCUT2D eigenvalue weighted by molar-refractivity contribution is 0.246. The molecule has 4 rings (SSSR count). The molecule has 0 N–H and O–H groups in total. The van der Waals surface area contributed by atoms with Crippen LogP contribution in [0.2, 0.25) is 0 Å². The largest absolute Gasteiger partial charge is 0.493 e. The molecule has 0 amide bonds. The third-order valence-electron chi connectivity index (χ3n) is 5.60. The van der Waals surface area contributed by atoms with E-state index in [1.54, 1.807) is 44.6 Å². The molecule has 2 heterocycles. The number of hydrogen-bond donors (Lipinski definition) is 0. The number of ether oxygens (including phenoxy) is 2. The molecule has 0 aliphatic carbocycles. The predicted molar refractivity (Wildman–Crippen MR) is 125 cm³/mol. The van der Waals surface area contributed by atoms with E-state index in [9.17, 15) is 9.18 Å². The Labute approximate surface area is 194 Å². The van der Waals surface area contributed by atoms with Crippen molar-refractivity contribution >= 4 is 21.6 Å². The Kier molecular flexibility index (Phi) is 6.81. The first kappa shape index (κ1) is 22.4. The van der Waals surface area contributed by atoms with E-state index in [0.717, 1.165) is 36.3 Å². The lowest BCUT2D eigenvalue weighted by Gasteiger charge is -2.36. The first-order chi connectivity index (χ1) is 15.5. The lowest BCUT2D eigenvalue weighted by Crippen LogP contribution is -2.46. The van der Waals surface area contributed by atoms with E-state index in [-0.39, 0.29) is 11.4 Å². The molecular formula is C24H24BrFN2O4. The van der Waals surface area contributed by atoms with Crippen molar-refractivity contribution in [3.8, 4) is 22.8 Å². The highest BCUT2D eigenvalue weighted by molar-refractivity contribution is 9.10. The zero-order chi connectivity index (χ0) is 22.7. The van der Waals surface area contributed by atoms with Crippen molar-refractivity contribution in [1.82, 2.24) is 4.90 Å². The van der Waals surface area contributed by atoms with Crippen LogP contribution in [0.15, 0.2) is 62.2 Å². The Morgan fingerprint density at radius 3 is 2.25 bits per heavy atom. The van der Waals surface area contributed by atoms with Gasteiger partial charge < -0.3 is 18.8 Å². The minimum absolute atomic E-state index is 0.234. The molecular weight excluding hydrogens is 479 g/mol. The van der Waals surface area contributed by atoms with Crippen molar-refractivity contribution in [2.75, 3.05) is 45.3 Å². The van der Waals surface area contributed by atoms with Gasteiger partial charge in [-0.2, -0.15) is 0 Å².